The Labute approximate surface area is 144 Å². The summed E-state index contributed by atoms with van der Waals surface area (Å²) in [5, 5.41) is 4.56. The Balaban J connectivity index is 1.49. The molecule has 130 valence electrons. The van der Waals surface area contributed by atoms with Crippen LogP contribution in [0.15, 0.2) is 35.3 Å². The van der Waals surface area contributed by atoms with Crippen molar-refractivity contribution >= 4 is 11.6 Å². The van der Waals surface area contributed by atoms with Gasteiger partial charge in [0.05, 0.1) is 18.9 Å². The molecule has 0 radical (unpaired) electrons. The van der Waals surface area contributed by atoms with Crippen molar-refractivity contribution in [2.45, 2.75) is 13.3 Å². The molecule has 0 aliphatic carbocycles. The molecule has 1 fully saturated rings. The summed E-state index contributed by atoms with van der Waals surface area (Å²) in [6, 6.07) is 3.92. The summed E-state index contributed by atoms with van der Waals surface area (Å²) >= 11 is 0. The van der Waals surface area contributed by atoms with E-state index in [9.17, 15) is 4.79 Å². The van der Waals surface area contributed by atoms with Gasteiger partial charge in [-0.1, -0.05) is 0 Å². The molecule has 8 nitrogen and oxygen atoms in total. The van der Waals surface area contributed by atoms with Crippen LogP contribution < -0.4 is 0 Å². The standard InChI is InChI=1S/C17H19N5O3/c1-12-16(19-11-25-12)17(23)21-6-7-24-10-13(9-21)8-14-2-3-15-18-4-5-22(15)20-14/h2-5,11,13H,6-10H2,1H3. The maximum absolute atomic E-state index is 12.7. The van der Waals surface area contributed by atoms with Crippen molar-refractivity contribution in [2.24, 2.45) is 5.92 Å². The number of aromatic nitrogens is 4. The van der Waals surface area contributed by atoms with E-state index in [1.807, 2.05) is 18.3 Å². The second-order valence-corrected chi connectivity index (χ2v) is 6.21. The van der Waals surface area contributed by atoms with Gasteiger partial charge in [-0.15, -0.1) is 0 Å². The van der Waals surface area contributed by atoms with Crippen molar-refractivity contribution in [2.75, 3.05) is 26.3 Å². The highest BCUT2D eigenvalue weighted by molar-refractivity contribution is 5.93. The van der Waals surface area contributed by atoms with Gasteiger partial charge in [0, 0.05) is 31.4 Å². The summed E-state index contributed by atoms with van der Waals surface area (Å²) in [6.07, 6.45) is 5.58. The number of rotatable bonds is 3. The van der Waals surface area contributed by atoms with E-state index in [0.717, 1.165) is 17.8 Å². The summed E-state index contributed by atoms with van der Waals surface area (Å²) in [7, 11) is 0. The molecule has 1 amide bonds. The SMILES string of the molecule is Cc1ocnc1C(=O)N1CCOCC(Cc2ccc3nccn3n2)C1. The molecule has 1 unspecified atom stereocenters. The van der Waals surface area contributed by atoms with Crippen molar-refractivity contribution in [1.82, 2.24) is 24.5 Å². The van der Waals surface area contributed by atoms with Crippen LogP contribution >= 0.6 is 0 Å². The minimum Gasteiger partial charge on any atom is -0.448 e. The average molecular weight is 341 g/mol. The molecule has 0 bridgehead atoms. The lowest BCUT2D eigenvalue weighted by Gasteiger charge is -2.22. The van der Waals surface area contributed by atoms with Crippen LogP contribution in [0.5, 0.6) is 0 Å². The maximum Gasteiger partial charge on any atom is 0.276 e. The number of carbonyl (C=O) groups is 1. The number of fused-ring (bicyclic) bond motifs is 1. The zero-order valence-corrected chi connectivity index (χ0v) is 14.0. The first-order valence-electron chi connectivity index (χ1n) is 8.27. The Bertz CT molecular complexity index is 887. The summed E-state index contributed by atoms with van der Waals surface area (Å²) in [4.78, 5) is 22.7. The van der Waals surface area contributed by atoms with Crippen molar-refractivity contribution in [3.05, 3.63) is 48.1 Å². The van der Waals surface area contributed by atoms with E-state index >= 15 is 0 Å². The van der Waals surface area contributed by atoms with Crippen LogP contribution in [0.3, 0.4) is 0 Å². The van der Waals surface area contributed by atoms with Gasteiger partial charge in [0.15, 0.2) is 17.7 Å². The van der Waals surface area contributed by atoms with Gasteiger partial charge >= 0.3 is 0 Å². The number of oxazole rings is 1. The van der Waals surface area contributed by atoms with Crippen molar-refractivity contribution in [3.63, 3.8) is 0 Å². The molecule has 1 atom stereocenters. The molecule has 3 aromatic rings. The Kier molecular flexibility index (Phi) is 4.19. The van der Waals surface area contributed by atoms with Crippen LogP contribution in [-0.4, -0.2) is 56.7 Å². The second kappa shape index (κ2) is 6.64. The summed E-state index contributed by atoms with van der Waals surface area (Å²) in [6.45, 7) is 4.03. The van der Waals surface area contributed by atoms with Crippen LogP contribution in [0.1, 0.15) is 21.9 Å². The fourth-order valence-electron chi connectivity index (χ4n) is 3.11. The Morgan fingerprint density at radius 2 is 2.28 bits per heavy atom. The highest BCUT2D eigenvalue weighted by Gasteiger charge is 2.26. The van der Waals surface area contributed by atoms with E-state index in [1.165, 1.54) is 6.39 Å². The van der Waals surface area contributed by atoms with E-state index in [4.69, 9.17) is 9.15 Å². The first-order valence-corrected chi connectivity index (χ1v) is 8.27. The third kappa shape index (κ3) is 3.25. The van der Waals surface area contributed by atoms with Crippen LogP contribution in [0, 0.1) is 12.8 Å². The zero-order chi connectivity index (χ0) is 17.2. The number of carbonyl (C=O) groups excluding carboxylic acids is 1. The molecule has 1 aliphatic heterocycles. The minimum atomic E-state index is -0.111. The van der Waals surface area contributed by atoms with Gasteiger partial charge in [0.1, 0.15) is 5.76 Å². The van der Waals surface area contributed by atoms with Crippen LogP contribution in [0.4, 0.5) is 0 Å². The van der Waals surface area contributed by atoms with E-state index < -0.39 is 0 Å². The molecule has 0 saturated carbocycles. The third-order valence-electron chi connectivity index (χ3n) is 4.38. The predicted molar refractivity (Wildman–Crippen MR) is 88.1 cm³/mol. The molecule has 3 aromatic heterocycles. The highest BCUT2D eigenvalue weighted by Crippen LogP contribution is 2.16. The number of nitrogens with zero attached hydrogens (tertiary/aromatic N) is 5. The highest BCUT2D eigenvalue weighted by atomic mass is 16.5. The fourth-order valence-corrected chi connectivity index (χ4v) is 3.11. The zero-order valence-electron chi connectivity index (χ0n) is 14.0. The fraction of sp³-hybridized carbons (Fsp3) is 0.412. The number of ether oxygens (including phenoxy) is 1. The Morgan fingerprint density at radius 1 is 1.36 bits per heavy atom. The minimum absolute atomic E-state index is 0.111. The summed E-state index contributed by atoms with van der Waals surface area (Å²) < 4.78 is 12.6. The molecule has 25 heavy (non-hydrogen) atoms. The number of hydrogen-bond acceptors (Lipinski definition) is 6. The number of amides is 1. The molecule has 4 heterocycles. The first kappa shape index (κ1) is 15.8. The van der Waals surface area contributed by atoms with E-state index in [1.54, 1.807) is 22.5 Å². The normalized spacial score (nSPS) is 18.4. The van der Waals surface area contributed by atoms with E-state index in [2.05, 4.69) is 15.1 Å². The van der Waals surface area contributed by atoms with Gasteiger partial charge in [-0.25, -0.2) is 14.5 Å². The smallest absolute Gasteiger partial charge is 0.276 e. The molecule has 1 saturated heterocycles. The van der Waals surface area contributed by atoms with Crippen LogP contribution in [0.2, 0.25) is 0 Å². The van der Waals surface area contributed by atoms with Crippen molar-refractivity contribution in [3.8, 4) is 0 Å². The molecular formula is C17H19N5O3. The second-order valence-electron chi connectivity index (χ2n) is 6.21. The molecule has 0 spiro atoms. The molecule has 4 rings (SSSR count). The maximum atomic E-state index is 12.7. The Hall–Kier alpha value is -2.74. The lowest BCUT2D eigenvalue weighted by Crippen LogP contribution is -2.37. The number of imidazole rings is 1. The number of aryl methyl sites for hydroxylation is 1. The van der Waals surface area contributed by atoms with Crippen LogP contribution in [-0.2, 0) is 11.2 Å². The number of hydrogen-bond donors (Lipinski definition) is 0. The van der Waals surface area contributed by atoms with Gasteiger partial charge in [0.2, 0.25) is 0 Å². The summed E-state index contributed by atoms with van der Waals surface area (Å²) in [5.74, 6) is 0.603. The van der Waals surface area contributed by atoms with Gasteiger partial charge in [-0.3, -0.25) is 4.79 Å². The van der Waals surface area contributed by atoms with Gasteiger partial charge in [-0.05, 0) is 25.5 Å². The largest absolute Gasteiger partial charge is 0.448 e. The van der Waals surface area contributed by atoms with E-state index in [-0.39, 0.29) is 11.8 Å². The average Bonchev–Trinajstić information content (AvgIpc) is 3.18. The lowest BCUT2D eigenvalue weighted by molar-refractivity contribution is 0.0730. The quantitative estimate of drug-likeness (QED) is 0.715. The van der Waals surface area contributed by atoms with Crippen molar-refractivity contribution in [1.29, 1.82) is 0 Å². The van der Waals surface area contributed by atoms with Gasteiger partial charge < -0.3 is 14.1 Å². The molecule has 1 aliphatic rings. The topological polar surface area (TPSA) is 85.8 Å². The predicted octanol–water partition coefficient (Wildman–Crippen LogP) is 1.36. The molecule has 0 N–H and O–H groups in total. The monoisotopic (exact) mass is 341 g/mol. The van der Waals surface area contributed by atoms with Gasteiger partial charge in [-0.2, -0.15) is 5.10 Å². The van der Waals surface area contributed by atoms with E-state index in [0.29, 0.717) is 37.8 Å². The lowest BCUT2D eigenvalue weighted by atomic mass is 10.0. The summed E-state index contributed by atoms with van der Waals surface area (Å²) in [5.41, 5.74) is 2.14. The third-order valence-corrected chi connectivity index (χ3v) is 4.38. The molecule has 0 aromatic carbocycles. The molecule has 8 heteroatoms. The molecular weight excluding hydrogens is 322 g/mol. The first-order chi connectivity index (χ1) is 12.2. The van der Waals surface area contributed by atoms with Crippen LogP contribution in [0.25, 0.3) is 5.65 Å². The van der Waals surface area contributed by atoms with Gasteiger partial charge in [0.25, 0.3) is 5.91 Å². The van der Waals surface area contributed by atoms with Crippen molar-refractivity contribution < 1.29 is 13.9 Å². The Morgan fingerprint density at radius 3 is 3.12 bits per heavy atom.